The molecular weight excluding hydrogens is 274 g/mol. The Morgan fingerprint density at radius 2 is 2.25 bits per heavy atom. The van der Waals surface area contributed by atoms with E-state index in [1.54, 1.807) is 13.3 Å². The molecule has 0 fully saturated rings. The zero-order valence-corrected chi connectivity index (χ0v) is 13.4. The first-order valence-electron chi connectivity index (χ1n) is 6.71. The van der Waals surface area contributed by atoms with Crippen LogP contribution in [0.15, 0.2) is 23.1 Å². The Morgan fingerprint density at radius 1 is 1.55 bits per heavy atom. The molecule has 0 unspecified atom stereocenters. The fraction of sp³-hybridized carbons (Fsp3) is 0.467. The third-order valence-electron chi connectivity index (χ3n) is 2.86. The highest BCUT2D eigenvalue weighted by Gasteiger charge is 2.08. The smallest absolute Gasteiger partial charge is 0.154 e. The lowest BCUT2D eigenvalue weighted by molar-refractivity contribution is 0.425. The number of rotatable bonds is 6. The molecule has 3 nitrogen and oxygen atoms in total. The standard InChI is InChI=1S/C15H22FN2OP/c1-5-6-14(10(2)3)18-8-13(17)12-7-11(16)9-20-15(12)19-4/h7-10H,5-6,17H2,1-4H3/b13-8-,18-14+. The molecule has 0 aliphatic heterocycles. The van der Waals surface area contributed by atoms with E-state index in [0.29, 0.717) is 30.9 Å². The van der Waals surface area contributed by atoms with E-state index in [2.05, 4.69) is 25.8 Å². The van der Waals surface area contributed by atoms with E-state index in [-0.39, 0.29) is 5.82 Å². The quantitative estimate of drug-likeness (QED) is 0.782. The highest BCUT2D eigenvalue weighted by Crippen LogP contribution is 2.32. The molecule has 0 amide bonds. The molecule has 0 bridgehead atoms. The minimum absolute atomic E-state index is 0.305. The zero-order valence-electron chi connectivity index (χ0n) is 12.5. The Kier molecular flexibility index (Phi) is 6.66. The summed E-state index contributed by atoms with van der Waals surface area (Å²) in [6.45, 7) is 6.32. The molecule has 0 aliphatic carbocycles. The predicted molar refractivity (Wildman–Crippen MR) is 84.8 cm³/mol. The van der Waals surface area contributed by atoms with Crippen LogP contribution in [0.3, 0.4) is 0 Å². The molecule has 110 valence electrons. The van der Waals surface area contributed by atoms with E-state index in [0.717, 1.165) is 18.6 Å². The topological polar surface area (TPSA) is 47.6 Å². The van der Waals surface area contributed by atoms with Crippen LogP contribution in [0.5, 0.6) is 5.48 Å². The van der Waals surface area contributed by atoms with Gasteiger partial charge in [0.05, 0.1) is 19.0 Å². The number of methoxy groups -OCH3 is 1. The summed E-state index contributed by atoms with van der Waals surface area (Å²) in [6, 6.07) is 1.38. The van der Waals surface area contributed by atoms with E-state index in [4.69, 9.17) is 10.5 Å². The monoisotopic (exact) mass is 296 g/mol. The number of aliphatic imine (C=N–C) groups is 1. The molecular formula is C15H22FN2OP. The van der Waals surface area contributed by atoms with Crippen molar-refractivity contribution in [1.29, 1.82) is 0 Å². The summed E-state index contributed by atoms with van der Waals surface area (Å²) in [5.41, 5.74) is 8.73. The van der Waals surface area contributed by atoms with Gasteiger partial charge in [-0.25, -0.2) is 4.39 Å². The van der Waals surface area contributed by atoms with Gasteiger partial charge in [0, 0.05) is 17.1 Å². The summed E-state index contributed by atoms with van der Waals surface area (Å²) in [4.78, 5) is 4.46. The van der Waals surface area contributed by atoms with Gasteiger partial charge in [-0.3, -0.25) is 4.99 Å². The van der Waals surface area contributed by atoms with Gasteiger partial charge in [-0.15, -0.1) is 0 Å². The molecule has 0 aromatic carbocycles. The van der Waals surface area contributed by atoms with Crippen LogP contribution in [-0.4, -0.2) is 12.8 Å². The first-order chi connectivity index (χ1) is 9.49. The lowest BCUT2D eigenvalue weighted by atomic mass is 10.0. The number of ether oxygens (including phenoxy) is 1. The molecule has 0 aliphatic rings. The number of nitrogens with zero attached hydrogens (tertiary/aromatic N) is 1. The van der Waals surface area contributed by atoms with Gasteiger partial charge in [-0.05, 0) is 26.6 Å². The SMILES string of the molecule is CCC/C(=N\C=C(/N)c1cc(F)cpc1OC)C(C)C. The van der Waals surface area contributed by atoms with Gasteiger partial charge in [0.15, 0.2) is 5.48 Å². The van der Waals surface area contributed by atoms with E-state index in [1.165, 1.54) is 11.9 Å². The van der Waals surface area contributed by atoms with Gasteiger partial charge in [-0.2, -0.15) is 0 Å². The van der Waals surface area contributed by atoms with Crippen LogP contribution < -0.4 is 10.5 Å². The van der Waals surface area contributed by atoms with Crippen molar-refractivity contribution < 1.29 is 9.13 Å². The van der Waals surface area contributed by atoms with Crippen molar-refractivity contribution in [2.45, 2.75) is 33.6 Å². The molecule has 5 heteroatoms. The van der Waals surface area contributed by atoms with Crippen molar-refractivity contribution in [3.05, 3.63) is 29.4 Å². The van der Waals surface area contributed by atoms with Crippen molar-refractivity contribution in [2.24, 2.45) is 16.6 Å². The second kappa shape index (κ2) is 8.01. The Labute approximate surface area is 121 Å². The van der Waals surface area contributed by atoms with Gasteiger partial charge in [-0.1, -0.05) is 27.2 Å². The highest BCUT2D eigenvalue weighted by atomic mass is 31.0. The summed E-state index contributed by atoms with van der Waals surface area (Å²) in [6.07, 6.45) is 3.58. The highest BCUT2D eigenvalue weighted by molar-refractivity contribution is 7.31. The molecule has 0 atom stereocenters. The Balaban J connectivity index is 3.10. The molecule has 0 saturated carbocycles. The van der Waals surface area contributed by atoms with E-state index < -0.39 is 0 Å². The largest absolute Gasteiger partial charge is 0.492 e. The molecule has 20 heavy (non-hydrogen) atoms. The Bertz CT molecular complexity index is 513. The van der Waals surface area contributed by atoms with Crippen molar-refractivity contribution in [2.75, 3.05) is 7.11 Å². The van der Waals surface area contributed by atoms with Gasteiger partial charge in [0.1, 0.15) is 5.82 Å². The van der Waals surface area contributed by atoms with E-state index >= 15 is 0 Å². The normalized spacial score (nSPS) is 13.3. The van der Waals surface area contributed by atoms with Crippen molar-refractivity contribution in [3.63, 3.8) is 0 Å². The lowest BCUT2D eigenvalue weighted by Crippen LogP contribution is -2.07. The maximum absolute atomic E-state index is 13.3. The number of hydrogen-bond donors (Lipinski definition) is 1. The molecule has 0 saturated heterocycles. The van der Waals surface area contributed by atoms with Gasteiger partial charge < -0.3 is 10.5 Å². The van der Waals surface area contributed by atoms with Gasteiger partial charge >= 0.3 is 0 Å². The third kappa shape index (κ3) is 4.61. The van der Waals surface area contributed by atoms with Crippen LogP contribution in [0, 0.1) is 11.7 Å². The minimum Gasteiger partial charge on any atom is -0.492 e. The number of nitrogens with two attached hydrogens (primary N) is 1. The van der Waals surface area contributed by atoms with Crippen LogP contribution in [0.1, 0.15) is 39.2 Å². The third-order valence-corrected chi connectivity index (χ3v) is 3.90. The van der Waals surface area contributed by atoms with Gasteiger partial charge in [0.25, 0.3) is 0 Å². The van der Waals surface area contributed by atoms with Crippen LogP contribution in [0.25, 0.3) is 5.70 Å². The fourth-order valence-electron chi connectivity index (χ4n) is 1.78. The average Bonchev–Trinajstić information content (AvgIpc) is 2.42. The molecule has 2 N–H and O–H groups in total. The average molecular weight is 296 g/mol. The first-order valence-corrected chi connectivity index (χ1v) is 7.68. The van der Waals surface area contributed by atoms with Crippen molar-refractivity contribution >= 4 is 19.6 Å². The summed E-state index contributed by atoms with van der Waals surface area (Å²) < 4.78 is 18.6. The maximum Gasteiger partial charge on any atom is 0.154 e. The van der Waals surface area contributed by atoms with E-state index in [9.17, 15) is 4.39 Å². The molecule has 0 radical (unpaired) electrons. The summed E-state index contributed by atoms with van der Waals surface area (Å²) >= 11 is 0. The lowest BCUT2D eigenvalue weighted by Gasteiger charge is -2.09. The molecule has 1 rings (SSSR count). The first kappa shape index (κ1) is 16.6. The van der Waals surface area contributed by atoms with Crippen LogP contribution in [-0.2, 0) is 0 Å². The molecule has 1 aromatic rings. The number of halogens is 1. The van der Waals surface area contributed by atoms with Crippen molar-refractivity contribution in [3.8, 4) is 5.48 Å². The molecule has 1 aromatic heterocycles. The van der Waals surface area contributed by atoms with Crippen LogP contribution in [0.2, 0.25) is 0 Å². The zero-order chi connectivity index (χ0) is 15.1. The summed E-state index contributed by atoms with van der Waals surface area (Å²) in [5.74, 6) is 1.51. The summed E-state index contributed by atoms with van der Waals surface area (Å²) in [7, 11) is 2.23. The molecule has 1 heterocycles. The van der Waals surface area contributed by atoms with E-state index in [1.807, 2.05) is 0 Å². The Hall–Kier alpha value is -1.41. The fourth-order valence-corrected chi connectivity index (χ4v) is 2.53. The maximum atomic E-state index is 13.3. The predicted octanol–water partition coefficient (Wildman–Crippen LogP) is 4.57. The van der Waals surface area contributed by atoms with Crippen LogP contribution >= 0.6 is 8.19 Å². The van der Waals surface area contributed by atoms with Gasteiger partial charge in [0.2, 0.25) is 0 Å². The van der Waals surface area contributed by atoms with Crippen LogP contribution in [0.4, 0.5) is 4.39 Å². The van der Waals surface area contributed by atoms with Crippen molar-refractivity contribution in [1.82, 2.24) is 0 Å². The second-order valence-corrected chi connectivity index (χ2v) is 5.74. The second-order valence-electron chi connectivity index (χ2n) is 4.82. The molecule has 0 spiro atoms. The summed E-state index contributed by atoms with van der Waals surface area (Å²) in [5, 5.41) is 0. The minimum atomic E-state index is -0.305. The Morgan fingerprint density at radius 3 is 2.80 bits per heavy atom. The number of hydrogen-bond acceptors (Lipinski definition) is 3.